The number of aromatic nitrogens is 2. The number of carbonyl (C=O) groups is 1. The van der Waals surface area contributed by atoms with Crippen LogP contribution in [0, 0.1) is 0 Å². The smallest absolute Gasteiger partial charge is 0.481 e. The normalized spacial score (nSPS) is 9.74. The van der Waals surface area contributed by atoms with Crippen LogP contribution in [0.5, 0.6) is 10.1 Å². The van der Waals surface area contributed by atoms with Crippen molar-refractivity contribution < 1.29 is 19.4 Å². The quantitative estimate of drug-likeness (QED) is 0.855. The molecule has 0 atom stereocenters. The predicted molar refractivity (Wildman–Crippen MR) is 73.0 cm³/mol. The topological polar surface area (TPSA) is 73.6 Å². The number of rotatable bonds is 5. The summed E-state index contributed by atoms with van der Waals surface area (Å²) in [6.07, 6.45) is 3.80. The van der Waals surface area contributed by atoms with E-state index in [0.717, 1.165) is 11.3 Å². The van der Waals surface area contributed by atoms with Crippen molar-refractivity contribution >= 4 is 41.5 Å². The molecule has 104 valence electrons. The highest BCUT2D eigenvalue weighted by molar-refractivity contribution is 7.16. The van der Waals surface area contributed by atoms with Gasteiger partial charge in [-0.2, -0.15) is 0 Å². The van der Waals surface area contributed by atoms with Gasteiger partial charge in [0.1, 0.15) is 6.61 Å². The molecule has 0 amide bonds. The molecule has 0 bridgehead atoms. The Morgan fingerprint density at radius 3 is 3.00 bits per heavy atom. The third-order valence-corrected chi connectivity index (χ3v) is 3.28. The molecular formula is C10H10Cl2N2O4S. The van der Waals surface area contributed by atoms with Gasteiger partial charge in [0.15, 0.2) is 10.1 Å². The third kappa shape index (κ3) is 4.62. The number of thiophene rings is 1. The molecule has 0 radical (unpaired) electrons. The minimum atomic E-state index is -1.38. The molecule has 2 aromatic heterocycles. The van der Waals surface area contributed by atoms with E-state index in [1.54, 1.807) is 12.5 Å². The van der Waals surface area contributed by atoms with Gasteiger partial charge < -0.3 is 19.1 Å². The first-order valence-corrected chi connectivity index (χ1v) is 6.13. The lowest BCUT2D eigenvalue weighted by atomic mass is 10.6. The van der Waals surface area contributed by atoms with Crippen LogP contribution in [0.15, 0.2) is 24.8 Å². The van der Waals surface area contributed by atoms with Crippen LogP contribution in [0.25, 0.3) is 0 Å². The van der Waals surface area contributed by atoms with Gasteiger partial charge in [-0.3, -0.25) is 0 Å². The molecule has 0 aliphatic carbocycles. The summed E-state index contributed by atoms with van der Waals surface area (Å²) in [6, 6.07) is 1.41. The Hall–Kier alpha value is -1.44. The van der Waals surface area contributed by atoms with Crippen molar-refractivity contribution in [3.05, 3.63) is 29.8 Å². The van der Waals surface area contributed by atoms with Crippen LogP contribution in [0.1, 0.15) is 0 Å². The summed E-state index contributed by atoms with van der Waals surface area (Å²) >= 11 is 6.93. The highest BCUT2D eigenvalue weighted by Crippen LogP contribution is 2.39. The second-order valence-corrected chi connectivity index (χ2v) is 4.60. The molecule has 9 heteroatoms. The van der Waals surface area contributed by atoms with E-state index in [0.29, 0.717) is 23.2 Å². The Morgan fingerprint density at radius 2 is 2.37 bits per heavy atom. The van der Waals surface area contributed by atoms with Crippen molar-refractivity contribution in [2.24, 2.45) is 0 Å². The van der Waals surface area contributed by atoms with Crippen LogP contribution in [0.3, 0.4) is 0 Å². The fourth-order valence-corrected chi connectivity index (χ4v) is 2.33. The van der Waals surface area contributed by atoms with Gasteiger partial charge in [0, 0.05) is 18.5 Å². The van der Waals surface area contributed by atoms with Crippen LogP contribution in [0.4, 0.5) is 4.79 Å². The van der Waals surface area contributed by atoms with Gasteiger partial charge in [0.05, 0.1) is 17.9 Å². The van der Waals surface area contributed by atoms with E-state index in [9.17, 15) is 4.79 Å². The van der Waals surface area contributed by atoms with Crippen LogP contribution in [-0.4, -0.2) is 27.4 Å². The number of ether oxygens (including phenoxy) is 2. The van der Waals surface area contributed by atoms with E-state index in [-0.39, 0.29) is 17.5 Å². The number of hydrogen-bond donors (Lipinski definition) is 1. The molecule has 0 unspecified atom stereocenters. The first kappa shape index (κ1) is 15.6. The number of nitrogens with zero attached hydrogens (tertiary/aromatic N) is 2. The van der Waals surface area contributed by atoms with E-state index < -0.39 is 6.16 Å². The zero-order valence-corrected chi connectivity index (χ0v) is 11.9. The van der Waals surface area contributed by atoms with E-state index in [2.05, 4.69) is 9.72 Å². The van der Waals surface area contributed by atoms with Crippen molar-refractivity contribution in [3.8, 4) is 10.1 Å². The lowest BCUT2D eigenvalue weighted by Gasteiger charge is -2.04. The van der Waals surface area contributed by atoms with Crippen molar-refractivity contribution in [2.75, 3.05) is 6.61 Å². The Labute approximate surface area is 124 Å². The lowest BCUT2D eigenvalue weighted by molar-refractivity contribution is 0.146. The highest BCUT2D eigenvalue weighted by Gasteiger charge is 2.12. The van der Waals surface area contributed by atoms with Crippen molar-refractivity contribution in [1.82, 2.24) is 9.55 Å². The van der Waals surface area contributed by atoms with Gasteiger partial charge >= 0.3 is 6.16 Å². The number of imidazole rings is 1. The lowest BCUT2D eigenvalue weighted by Crippen LogP contribution is -2.05. The van der Waals surface area contributed by atoms with Crippen LogP contribution in [0.2, 0.25) is 5.02 Å². The molecule has 19 heavy (non-hydrogen) atoms. The summed E-state index contributed by atoms with van der Waals surface area (Å²) in [5.41, 5.74) is 0. The Kier molecular flexibility index (Phi) is 5.94. The summed E-state index contributed by atoms with van der Waals surface area (Å²) in [4.78, 5) is 14.2. The molecule has 0 saturated heterocycles. The maximum absolute atomic E-state index is 10.3. The molecule has 0 fully saturated rings. The average molecular weight is 325 g/mol. The summed E-state index contributed by atoms with van der Waals surface area (Å²) < 4.78 is 11.8. The minimum Gasteiger partial charge on any atom is -0.481 e. The van der Waals surface area contributed by atoms with E-state index in [1.807, 2.05) is 10.8 Å². The molecular weight excluding hydrogens is 315 g/mol. The fourth-order valence-electron chi connectivity index (χ4n) is 1.23. The third-order valence-electron chi connectivity index (χ3n) is 1.96. The van der Waals surface area contributed by atoms with Gasteiger partial charge in [-0.1, -0.05) is 22.9 Å². The van der Waals surface area contributed by atoms with Crippen molar-refractivity contribution in [3.63, 3.8) is 0 Å². The molecule has 2 rings (SSSR count). The van der Waals surface area contributed by atoms with Crippen molar-refractivity contribution in [2.45, 2.75) is 6.54 Å². The summed E-state index contributed by atoms with van der Waals surface area (Å²) in [5, 5.41) is 9.42. The van der Waals surface area contributed by atoms with E-state index in [1.165, 1.54) is 6.07 Å². The van der Waals surface area contributed by atoms with Gasteiger partial charge in [-0.05, 0) is 0 Å². The number of carboxylic acid groups (broad SMARTS) is 1. The summed E-state index contributed by atoms with van der Waals surface area (Å²) in [5.74, 6) is 0. The van der Waals surface area contributed by atoms with Gasteiger partial charge in [-0.15, -0.1) is 12.4 Å². The molecule has 2 aromatic rings. The maximum atomic E-state index is 10.3. The monoisotopic (exact) mass is 324 g/mol. The SMILES string of the molecule is Cl.O=C(O)Oc1cc(Cl)c(OCCn2ccnc2)s1. The number of hydrogen-bond acceptors (Lipinski definition) is 5. The molecule has 0 aromatic carbocycles. The molecule has 0 saturated carbocycles. The largest absolute Gasteiger partial charge is 0.512 e. The first-order chi connectivity index (χ1) is 8.65. The Morgan fingerprint density at radius 1 is 1.58 bits per heavy atom. The standard InChI is InChI=1S/C10H9ClN2O4S.ClH/c11-7-5-8(17-10(14)15)18-9(7)16-4-3-13-2-1-12-6-13;/h1-2,5-6H,3-4H2,(H,14,15);1H. The zero-order chi connectivity index (χ0) is 13.0. The van der Waals surface area contributed by atoms with E-state index in [4.69, 9.17) is 21.4 Å². The average Bonchev–Trinajstić information content (AvgIpc) is 2.89. The van der Waals surface area contributed by atoms with Gasteiger partial charge in [0.2, 0.25) is 0 Å². The second-order valence-electron chi connectivity index (χ2n) is 3.22. The maximum Gasteiger partial charge on any atom is 0.512 e. The fraction of sp³-hybridized carbons (Fsp3) is 0.200. The molecule has 2 heterocycles. The Balaban J connectivity index is 0.00000180. The van der Waals surface area contributed by atoms with E-state index >= 15 is 0 Å². The highest BCUT2D eigenvalue weighted by atomic mass is 35.5. The molecule has 6 nitrogen and oxygen atoms in total. The van der Waals surface area contributed by atoms with Gasteiger partial charge in [0.25, 0.3) is 0 Å². The van der Waals surface area contributed by atoms with Crippen LogP contribution < -0.4 is 9.47 Å². The Bertz CT molecular complexity index is 530. The molecule has 0 aliphatic heterocycles. The van der Waals surface area contributed by atoms with Crippen molar-refractivity contribution in [1.29, 1.82) is 0 Å². The summed E-state index contributed by atoms with van der Waals surface area (Å²) in [7, 11) is 0. The minimum absolute atomic E-state index is 0. The summed E-state index contributed by atoms with van der Waals surface area (Å²) in [6.45, 7) is 1.03. The van der Waals surface area contributed by atoms with Crippen LogP contribution >= 0.6 is 35.3 Å². The zero-order valence-electron chi connectivity index (χ0n) is 9.48. The molecule has 1 N–H and O–H groups in total. The molecule has 0 spiro atoms. The van der Waals surface area contributed by atoms with Gasteiger partial charge in [-0.25, -0.2) is 9.78 Å². The number of halogens is 2. The molecule has 0 aliphatic rings. The predicted octanol–water partition coefficient (Wildman–Crippen LogP) is 3.16. The first-order valence-electron chi connectivity index (χ1n) is 4.94. The van der Waals surface area contributed by atoms with Crippen LogP contribution in [-0.2, 0) is 6.54 Å². The second kappa shape index (κ2) is 7.22.